The fourth-order valence-electron chi connectivity index (χ4n) is 6.46. The Labute approximate surface area is 223 Å². The number of nitrogens with zero attached hydrogens (tertiary/aromatic N) is 2. The zero-order chi connectivity index (χ0) is 26.2. The molecule has 2 aromatic rings. The highest BCUT2D eigenvalue weighted by molar-refractivity contribution is 6.42. The van der Waals surface area contributed by atoms with E-state index in [4.69, 9.17) is 27.9 Å². The van der Waals surface area contributed by atoms with Crippen LogP contribution in [0, 0.1) is 35.5 Å². The molecule has 3 amide bonds. The Morgan fingerprint density at radius 3 is 2.03 bits per heavy atom. The van der Waals surface area contributed by atoms with Gasteiger partial charge in [0.1, 0.15) is 11.8 Å². The molecule has 1 saturated heterocycles. The number of hydrogen-bond acceptors (Lipinski definition) is 5. The van der Waals surface area contributed by atoms with Crippen molar-refractivity contribution in [2.45, 2.75) is 19.4 Å². The number of carbonyl (C=O) groups excluding carboxylic acids is 4. The van der Waals surface area contributed by atoms with Gasteiger partial charge in [0.15, 0.2) is 5.78 Å². The minimum atomic E-state index is -1.15. The quantitative estimate of drug-likeness (QED) is 0.302. The third kappa shape index (κ3) is 3.62. The van der Waals surface area contributed by atoms with Crippen LogP contribution in [-0.2, 0) is 9.59 Å². The summed E-state index contributed by atoms with van der Waals surface area (Å²) in [5.74, 6) is -1.64. The summed E-state index contributed by atoms with van der Waals surface area (Å²) in [5, 5.41) is 2.36. The van der Waals surface area contributed by atoms with Gasteiger partial charge in [0.05, 0.1) is 29.0 Å². The number of rotatable bonds is 6. The first-order chi connectivity index (χ1) is 17.7. The topological polar surface area (TPSA) is 84.0 Å². The average molecular weight is 539 g/mol. The Bertz CT molecular complexity index is 1340. The number of Topliss-reactive ketones (excluding diaryl/α,β-unsaturated/α-hetero) is 1. The fraction of sp³-hybridized carbons (Fsp3) is 0.357. The number of benzene rings is 2. The third-order valence-corrected chi connectivity index (χ3v) is 9.09. The number of imide groups is 1. The number of ketones is 1. The zero-order valence-electron chi connectivity index (χ0n) is 20.1. The van der Waals surface area contributed by atoms with Gasteiger partial charge in [0.2, 0.25) is 0 Å². The largest absolute Gasteiger partial charge is 0.497 e. The summed E-state index contributed by atoms with van der Waals surface area (Å²) in [6.45, 7) is 1.52. The van der Waals surface area contributed by atoms with E-state index in [1.807, 2.05) is 0 Å². The summed E-state index contributed by atoms with van der Waals surface area (Å²) in [5.41, 5.74) is 0.433. The molecule has 4 aliphatic carbocycles. The van der Waals surface area contributed by atoms with Crippen LogP contribution in [0.5, 0.6) is 5.75 Å². The second kappa shape index (κ2) is 8.71. The van der Waals surface area contributed by atoms with Crippen molar-refractivity contribution in [2.75, 3.05) is 7.11 Å². The Hall–Kier alpha value is -3.16. The second-order valence-electron chi connectivity index (χ2n) is 10.2. The molecule has 5 aliphatic rings. The molecule has 3 fully saturated rings. The molecule has 0 N–H and O–H groups in total. The van der Waals surface area contributed by atoms with Crippen molar-refractivity contribution in [1.29, 1.82) is 0 Å². The molecule has 0 aromatic heterocycles. The van der Waals surface area contributed by atoms with Gasteiger partial charge >= 0.3 is 0 Å². The van der Waals surface area contributed by atoms with Crippen molar-refractivity contribution >= 4 is 46.7 Å². The average Bonchev–Trinajstić information content (AvgIpc) is 3.70. The second-order valence-corrected chi connectivity index (χ2v) is 11.0. The van der Waals surface area contributed by atoms with Gasteiger partial charge in [-0.25, -0.2) is 5.01 Å². The van der Waals surface area contributed by atoms with Crippen LogP contribution >= 0.6 is 23.2 Å². The number of halogens is 2. The zero-order valence-corrected chi connectivity index (χ0v) is 21.6. The molecule has 0 spiro atoms. The molecule has 9 heteroatoms. The van der Waals surface area contributed by atoms with Crippen LogP contribution in [0.3, 0.4) is 0 Å². The first kappa shape index (κ1) is 24.2. The van der Waals surface area contributed by atoms with Crippen LogP contribution < -0.4 is 4.74 Å². The predicted octanol–water partition coefficient (Wildman–Crippen LogP) is 4.68. The maximum atomic E-state index is 13.9. The van der Waals surface area contributed by atoms with E-state index < -0.39 is 41.4 Å². The molecule has 7 atom stereocenters. The van der Waals surface area contributed by atoms with E-state index >= 15 is 0 Å². The van der Waals surface area contributed by atoms with Crippen LogP contribution in [0.4, 0.5) is 0 Å². The summed E-state index contributed by atoms with van der Waals surface area (Å²) >= 11 is 12.2. The Morgan fingerprint density at radius 1 is 0.919 bits per heavy atom. The number of amides is 3. The molecule has 7 nitrogen and oxygen atoms in total. The van der Waals surface area contributed by atoms with Crippen LogP contribution in [0.1, 0.15) is 34.1 Å². The molecule has 1 aliphatic heterocycles. The lowest BCUT2D eigenvalue weighted by Gasteiger charge is -2.37. The summed E-state index contributed by atoms with van der Waals surface area (Å²) in [6.07, 6.45) is 5.14. The highest BCUT2D eigenvalue weighted by Crippen LogP contribution is 2.65. The van der Waals surface area contributed by atoms with Crippen LogP contribution in [-0.4, -0.2) is 46.7 Å². The van der Waals surface area contributed by atoms with E-state index in [2.05, 4.69) is 12.2 Å². The third-order valence-electron chi connectivity index (χ3n) is 8.35. The molecule has 37 heavy (non-hydrogen) atoms. The maximum Gasteiger partial charge on any atom is 0.273 e. The van der Waals surface area contributed by atoms with E-state index in [0.29, 0.717) is 23.1 Å². The van der Waals surface area contributed by atoms with Gasteiger partial charge in [0.25, 0.3) is 17.7 Å². The maximum absolute atomic E-state index is 13.9. The molecule has 0 unspecified atom stereocenters. The SMILES string of the molecule is COc1ccc(C(=O)[C@H](C)N(C(=O)c2ccc(Cl)c(Cl)c2)N2C(=O)[C@@H]3[C@H]4C=C[C@@H]([C@@H]5C[C@@H]45)[C@H]3C2=O)cc1. The summed E-state index contributed by atoms with van der Waals surface area (Å²) in [6, 6.07) is 9.62. The van der Waals surface area contributed by atoms with Crippen molar-refractivity contribution in [3.05, 3.63) is 75.8 Å². The lowest BCUT2D eigenvalue weighted by molar-refractivity contribution is -0.156. The number of hydrogen-bond donors (Lipinski definition) is 0. The number of carbonyl (C=O) groups is 4. The van der Waals surface area contributed by atoms with Gasteiger partial charge < -0.3 is 4.74 Å². The number of allylic oxidation sites excluding steroid dienone is 2. The van der Waals surface area contributed by atoms with Crippen LogP contribution in [0.15, 0.2) is 54.6 Å². The van der Waals surface area contributed by atoms with Crippen molar-refractivity contribution in [3.8, 4) is 5.75 Å². The minimum Gasteiger partial charge on any atom is -0.497 e. The van der Waals surface area contributed by atoms with E-state index in [1.165, 1.54) is 32.2 Å². The van der Waals surface area contributed by atoms with E-state index in [9.17, 15) is 19.2 Å². The van der Waals surface area contributed by atoms with Crippen molar-refractivity contribution in [3.63, 3.8) is 0 Å². The molecular formula is C28H24Cl2N2O5. The lowest BCUT2D eigenvalue weighted by Crippen LogP contribution is -2.56. The Morgan fingerprint density at radius 2 is 1.49 bits per heavy atom. The van der Waals surface area contributed by atoms with Gasteiger partial charge in [-0.15, -0.1) is 0 Å². The van der Waals surface area contributed by atoms with Gasteiger partial charge in [0, 0.05) is 11.1 Å². The highest BCUT2D eigenvalue weighted by atomic mass is 35.5. The summed E-state index contributed by atoms with van der Waals surface area (Å²) < 4.78 is 5.17. The summed E-state index contributed by atoms with van der Waals surface area (Å²) in [7, 11) is 1.52. The molecular weight excluding hydrogens is 515 g/mol. The molecule has 2 aromatic carbocycles. The monoisotopic (exact) mass is 538 g/mol. The molecule has 0 radical (unpaired) electrons. The number of ether oxygens (including phenoxy) is 1. The van der Waals surface area contributed by atoms with Crippen molar-refractivity contribution < 1.29 is 23.9 Å². The smallest absolute Gasteiger partial charge is 0.273 e. The minimum absolute atomic E-state index is 0.0176. The molecule has 190 valence electrons. The van der Waals surface area contributed by atoms with Crippen molar-refractivity contribution in [2.24, 2.45) is 35.5 Å². The first-order valence-corrected chi connectivity index (χ1v) is 13.0. The predicted molar refractivity (Wildman–Crippen MR) is 136 cm³/mol. The first-order valence-electron chi connectivity index (χ1n) is 12.3. The van der Waals surface area contributed by atoms with Crippen LogP contribution in [0.2, 0.25) is 10.0 Å². The van der Waals surface area contributed by atoms with Crippen LogP contribution in [0.25, 0.3) is 0 Å². The fourth-order valence-corrected chi connectivity index (χ4v) is 6.76. The van der Waals surface area contributed by atoms with E-state index in [-0.39, 0.29) is 27.4 Å². The Balaban J connectivity index is 1.40. The highest BCUT2D eigenvalue weighted by Gasteiger charge is 2.68. The van der Waals surface area contributed by atoms with Gasteiger partial charge in [-0.3, -0.25) is 19.2 Å². The number of hydrazine groups is 1. The van der Waals surface area contributed by atoms with Crippen molar-refractivity contribution in [1.82, 2.24) is 10.0 Å². The Kier molecular flexibility index (Phi) is 5.69. The molecule has 2 saturated carbocycles. The van der Waals surface area contributed by atoms with Gasteiger partial charge in [-0.1, -0.05) is 35.4 Å². The molecule has 1 heterocycles. The molecule has 7 rings (SSSR count). The standard InChI is InChI=1S/C28H24Cl2N2O5/c1-13(25(33)14-3-6-16(37-2)7-4-14)31(26(34)15-5-10-21(29)22(30)11-15)32-27(35)23-17-8-9-18(20-12-19(17)20)24(23)28(32)36/h3-11,13,17-20,23-24H,12H2,1-2H3/t13-,17-,18-,19-,20-,23+,24+/m0/s1. The lowest BCUT2D eigenvalue weighted by atomic mass is 9.63. The normalized spacial score (nSPS) is 29.6. The number of methoxy groups -OCH3 is 1. The van der Waals surface area contributed by atoms with E-state index in [1.54, 1.807) is 24.3 Å². The van der Waals surface area contributed by atoms with Gasteiger partial charge in [-0.05, 0) is 79.5 Å². The van der Waals surface area contributed by atoms with E-state index in [0.717, 1.165) is 16.4 Å². The van der Waals surface area contributed by atoms with Gasteiger partial charge in [-0.2, -0.15) is 5.01 Å². The molecule has 2 bridgehead atoms. The summed E-state index contributed by atoms with van der Waals surface area (Å²) in [4.78, 5) is 55.2.